The van der Waals surface area contributed by atoms with Gasteiger partial charge in [0, 0.05) is 6.42 Å². The molecule has 1 aliphatic heterocycles. The Morgan fingerprint density at radius 3 is 3.00 bits per heavy atom. The smallest absolute Gasteiger partial charge is 0.136 e. The number of nitrogens with zero attached hydrogens (tertiary/aromatic N) is 1. The molecule has 4 heteroatoms. The van der Waals surface area contributed by atoms with Gasteiger partial charge in [0.1, 0.15) is 16.6 Å². The van der Waals surface area contributed by atoms with E-state index in [1.54, 1.807) is 12.1 Å². The summed E-state index contributed by atoms with van der Waals surface area (Å²) in [6.45, 7) is 0. The Kier molecular flexibility index (Phi) is 1.77. The molecule has 0 saturated carbocycles. The molecule has 1 aliphatic rings. The van der Waals surface area contributed by atoms with Gasteiger partial charge in [0.25, 0.3) is 0 Å². The number of phenolic OH excluding ortho intramolecular Hbond substituents is 1. The number of benzene rings is 1. The summed E-state index contributed by atoms with van der Waals surface area (Å²) in [6, 6.07) is 5.26. The Balaban J connectivity index is 2.67. The molecule has 0 radical (unpaired) electrons. The lowest BCUT2D eigenvalue weighted by Gasteiger charge is -2.14. The third-order valence-corrected chi connectivity index (χ3v) is 2.21. The summed E-state index contributed by atoms with van der Waals surface area (Å²) in [5.74, 6) is 0.477. The number of nitrogens with two attached hydrogens (primary N) is 1. The van der Waals surface area contributed by atoms with Crippen LogP contribution in [0.25, 0.3) is 0 Å². The highest BCUT2D eigenvalue weighted by atomic mass is 32.1. The molecule has 0 unspecified atom stereocenters. The first-order chi connectivity index (χ1) is 6.18. The van der Waals surface area contributed by atoms with Gasteiger partial charge in [-0.1, -0.05) is 24.4 Å². The molecular formula is C9H8N2OS. The molecule has 0 amide bonds. The number of aromatic hydroxyl groups is 1. The van der Waals surface area contributed by atoms with Crippen molar-refractivity contribution in [3.63, 3.8) is 0 Å². The maximum Gasteiger partial charge on any atom is 0.136 e. The minimum absolute atomic E-state index is 0.168. The molecular weight excluding hydrogens is 184 g/mol. The van der Waals surface area contributed by atoms with Crippen LogP contribution in [0.2, 0.25) is 0 Å². The van der Waals surface area contributed by atoms with Crippen molar-refractivity contribution in [1.82, 2.24) is 0 Å². The zero-order valence-electron chi connectivity index (χ0n) is 6.82. The van der Waals surface area contributed by atoms with E-state index in [0.717, 1.165) is 5.56 Å². The molecule has 3 N–H and O–H groups in total. The maximum atomic E-state index is 9.51. The number of amidine groups is 1. The van der Waals surface area contributed by atoms with E-state index >= 15 is 0 Å². The van der Waals surface area contributed by atoms with Crippen LogP contribution in [-0.2, 0) is 6.42 Å². The standard InChI is InChI=1S/C9H8N2OS/c10-9-8-5(4-7(13)11-9)2-1-3-6(8)12/h1-3,12H,4H2,(H2,10,11,13). The minimum atomic E-state index is 0.168. The summed E-state index contributed by atoms with van der Waals surface area (Å²) in [6.07, 6.45) is 0.583. The van der Waals surface area contributed by atoms with E-state index in [9.17, 15) is 5.11 Å². The van der Waals surface area contributed by atoms with Crippen LogP contribution in [0.1, 0.15) is 11.1 Å². The van der Waals surface area contributed by atoms with Gasteiger partial charge in [-0.05, 0) is 11.6 Å². The first-order valence-electron chi connectivity index (χ1n) is 3.86. The first kappa shape index (κ1) is 8.19. The highest BCUT2D eigenvalue weighted by Crippen LogP contribution is 2.24. The number of phenols is 1. The average molecular weight is 192 g/mol. The predicted octanol–water partition coefficient (Wildman–Crippen LogP) is 0.981. The van der Waals surface area contributed by atoms with Gasteiger partial charge < -0.3 is 10.8 Å². The third-order valence-electron chi connectivity index (χ3n) is 1.97. The van der Waals surface area contributed by atoms with E-state index < -0.39 is 0 Å². The van der Waals surface area contributed by atoms with E-state index in [2.05, 4.69) is 4.99 Å². The lowest BCUT2D eigenvalue weighted by Crippen LogP contribution is -2.22. The monoisotopic (exact) mass is 192 g/mol. The highest BCUT2D eigenvalue weighted by Gasteiger charge is 2.17. The predicted molar refractivity (Wildman–Crippen MR) is 55.1 cm³/mol. The normalized spacial score (nSPS) is 15.1. The lowest BCUT2D eigenvalue weighted by molar-refractivity contribution is 0.473. The Morgan fingerprint density at radius 2 is 2.23 bits per heavy atom. The summed E-state index contributed by atoms with van der Waals surface area (Å²) in [5.41, 5.74) is 7.20. The number of thiocarbonyl (C=S) groups is 1. The summed E-state index contributed by atoms with van der Waals surface area (Å²) >= 11 is 4.95. The minimum Gasteiger partial charge on any atom is -0.507 e. The van der Waals surface area contributed by atoms with E-state index in [1.165, 1.54) is 0 Å². The Bertz CT molecular complexity index is 412. The lowest BCUT2D eigenvalue weighted by atomic mass is 10.0. The molecule has 0 atom stereocenters. The van der Waals surface area contributed by atoms with E-state index in [0.29, 0.717) is 22.8 Å². The van der Waals surface area contributed by atoms with Crippen LogP contribution in [0.15, 0.2) is 23.2 Å². The summed E-state index contributed by atoms with van der Waals surface area (Å²) < 4.78 is 0. The van der Waals surface area contributed by atoms with Crippen molar-refractivity contribution in [2.45, 2.75) is 6.42 Å². The van der Waals surface area contributed by atoms with Gasteiger partial charge in [0.15, 0.2) is 0 Å². The van der Waals surface area contributed by atoms with Crippen molar-refractivity contribution in [3.8, 4) is 5.75 Å². The molecule has 0 spiro atoms. The summed E-state index contributed by atoms with van der Waals surface area (Å²) in [4.78, 5) is 4.52. The van der Waals surface area contributed by atoms with Gasteiger partial charge in [-0.3, -0.25) is 0 Å². The Hall–Kier alpha value is -1.42. The van der Waals surface area contributed by atoms with E-state index in [1.807, 2.05) is 6.07 Å². The van der Waals surface area contributed by atoms with Crippen LogP contribution in [0.3, 0.4) is 0 Å². The van der Waals surface area contributed by atoms with Crippen molar-refractivity contribution < 1.29 is 5.11 Å². The van der Waals surface area contributed by atoms with Gasteiger partial charge >= 0.3 is 0 Å². The van der Waals surface area contributed by atoms with E-state index in [4.69, 9.17) is 18.0 Å². The number of fused-ring (bicyclic) bond motifs is 1. The average Bonchev–Trinajstić information content (AvgIpc) is 2.02. The van der Waals surface area contributed by atoms with Gasteiger partial charge in [0.2, 0.25) is 0 Å². The third kappa shape index (κ3) is 1.29. The highest BCUT2D eigenvalue weighted by molar-refractivity contribution is 7.80. The molecule has 1 aromatic carbocycles. The van der Waals surface area contributed by atoms with Crippen LogP contribution in [0.5, 0.6) is 5.75 Å². The quantitative estimate of drug-likeness (QED) is 0.602. The van der Waals surface area contributed by atoms with Gasteiger partial charge in [0.05, 0.1) is 5.56 Å². The molecule has 1 aromatic rings. The zero-order valence-corrected chi connectivity index (χ0v) is 7.64. The largest absolute Gasteiger partial charge is 0.507 e. The molecule has 0 aliphatic carbocycles. The Labute approximate surface area is 80.9 Å². The second kappa shape index (κ2) is 2.81. The molecule has 13 heavy (non-hydrogen) atoms. The van der Waals surface area contributed by atoms with E-state index in [-0.39, 0.29) is 5.75 Å². The van der Waals surface area contributed by atoms with Crippen LogP contribution < -0.4 is 5.73 Å². The summed E-state index contributed by atoms with van der Waals surface area (Å²) in [7, 11) is 0. The second-order valence-electron chi connectivity index (χ2n) is 2.88. The van der Waals surface area contributed by atoms with Crippen LogP contribution in [0, 0.1) is 0 Å². The number of hydrogen-bond donors (Lipinski definition) is 2. The molecule has 0 aromatic heterocycles. The topological polar surface area (TPSA) is 58.6 Å². The van der Waals surface area contributed by atoms with Gasteiger partial charge in [-0.15, -0.1) is 0 Å². The van der Waals surface area contributed by atoms with Crippen molar-refractivity contribution in [2.75, 3.05) is 0 Å². The molecule has 3 nitrogen and oxygen atoms in total. The van der Waals surface area contributed by atoms with Crippen LogP contribution in [-0.4, -0.2) is 15.9 Å². The van der Waals surface area contributed by atoms with Crippen LogP contribution >= 0.6 is 12.2 Å². The van der Waals surface area contributed by atoms with Crippen LogP contribution in [0.4, 0.5) is 0 Å². The van der Waals surface area contributed by atoms with Gasteiger partial charge in [-0.25, -0.2) is 4.99 Å². The fraction of sp³-hybridized carbons (Fsp3) is 0.111. The molecule has 66 valence electrons. The number of hydrogen-bond acceptors (Lipinski definition) is 3. The maximum absolute atomic E-state index is 9.51. The summed E-state index contributed by atoms with van der Waals surface area (Å²) in [5, 5.41) is 9.51. The van der Waals surface area contributed by atoms with Crippen molar-refractivity contribution >= 4 is 23.0 Å². The van der Waals surface area contributed by atoms with Crippen molar-refractivity contribution in [2.24, 2.45) is 10.7 Å². The SMILES string of the molecule is NC1=NC(=S)Cc2cccc(O)c21. The molecule has 1 heterocycles. The molecule has 0 saturated heterocycles. The zero-order chi connectivity index (χ0) is 9.42. The number of rotatable bonds is 0. The van der Waals surface area contributed by atoms with Gasteiger partial charge in [-0.2, -0.15) is 0 Å². The second-order valence-corrected chi connectivity index (χ2v) is 3.35. The molecule has 0 fully saturated rings. The fourth-order valence-electron chi connectivity index (χ4n) is 1.42. The molecule has 2 rings (SSSR count). The fourth-order valence-corrected chi connectivity index (χ4v) is 1.68. The van der Waals surface area contributed by atoms with Crippen molar-refractivity contribution in [1.29, 1.82) is 0 Å². The Morgan fingerprint density at radius 1 is 1.46 bits per heavy atom. The first-order valence-corrected chi connectivity index (χ1v) is 4.27. The molecule has 0 bridgehead atoms. The van der Waals surface area contributed by atoms with Crippen molar-refractivity contribution in [3.05, 3.63) is 29.3 Å². The number of aliphatic imine (C=N–C) groups is 1.